The van der Waals surface area contributed by atoms with Gasteiger partial charge in [-0.2, -0.15) is 0 Å². The molecule has 0 aliphatic carbocycles. The fraction of sp³-hybridized carbons (Fsp3) is 0.692. The molecule has 0 radical (unpaired) electrons. The van der Waals surface area contributed by atoms with Crippen LogP contribution in [0.1, 0.15) is 33.1 Å². The molecule has 0 saturated heterocycles. The molecule has 0 heterocycles. The molecule has 1 atom stereocenters. The average Bonchev–Trinajstić information content (AvgIpc) is 2.34. The van der Waals surface area contributed by atoms with Gasteiger partial charge in [0.15, 0.2) is 0 Å². The van der Waals surface area contributed by atoms with Gasteiger partial charge in [0.25, 0.3) is 0 Å². The second-order valence-electron chi connectivity index (χ2n) is 4.17. The SMILES string of the molecule is C#CCCCCNC(=O)N(CC)CC(C)C(=O)O. The average molecular weight is 254 g/mol. The number of rotatable bonds is 8. The van der Waals surface area contributed by atoms with Crippen LogP contribution in [0.25, 0.3) is 0 Å². The van der Waals surface area contributed by atoms with Gasteiger partial charge >= 0.3 is 12.0 Å². The van der Waals surface area contributed by atoms with Gasteiger partial charge in [0.2, 0.25) is 0 Å². The minimum atomic E-state index is -0.893. The Hall–Kier alpha value is -1.70. The van der Waals surface area contributed by atoms with E-state index in [1.54, 1.807) is 6.92 Å². The van der Waals surface area contributed by atoms with E-state index in [-0.39, 0.29) is 12.6 Å². The molecule has 5 heteroatoms. The molecule has 0 aromatic rings. The van der Waals surface area contributed by atoms with Crippen LogP contribution in [0.5, 0.6) is 0 Å². The lowest BCUT2D eigenvalue weighted by Gasteiger charge is -2.23. The highest BCUT2D eigenvalue weighted by molar-refractivity contribution is 5.75. The van der Waals surface area contributed by atoms with Crippen LogP contribution >= 0.6 is 0 Å². The van der Waals surface area contributed by atoms with E-state index in [0.717, 1.165) is 12.8 Å². The monoisotopic (exact) mass is 254 g/mol. The lowest BCUT2D eigenvalue weighted by molar-refractivity contribution is -0.141. The summed E-state index contributed by atoms with van der Waals surface area (Å²) in [4.78, 5) is 24.0. The predicted molar refractivity (Wildman–Crippen MR) is 70.1 cm³/mol. The number of carbonyl (C=O) groups is 2. The first kappa shape index (κ1) is 16.3. The number of aliphatic carboxylic acids is 1. The normalized spacial score (nSPS) is 11.4. The number of nitrogens with zero attached hydrogens (tertiary/aromatic N) is 1. The molecule has 0 spiro atoms. The molecule has 0 aliphatic rings. The van der Waals surface area contributed by atoms with Gasteiger partial charge in [0.05, 0.1) is 5.92 Å². The predicted octanol–water partition coefficient (Wildman–Crippen LogP) is 1.54. The Morgan fingerprint density at radius 2 is 2.11 bits per heavy atom. The van der Waals surface area contributed by atoms with Gasteiger partial charge in [-0.05, 0) is 19.8 Å². The molecular weight excluding hydrogens is 232 g/mol. The summed E-state index contributed by atoms with van der Waals surface area (Å²) in [7, 11) is 0. The highest BCUT2D eigenvalue weighted by atomic mass is 16.4. The summed E-state index contributed by atoms with van der Waals surface area (Å²) in [5.41, 5.74) is 0. The summed E-state index contributed by atoms with van der Waals surface area (Å²) in [5.74, 6) is 1.09. The molecule has 0 rings (SSSR count). The summed E-state index contributed by atoms with van der Waals surface area (Å²) in [5, 5.41) is 11.6. The molecular formula is C13H22N2O3. The Bertz CT molecular complexity index is 310. The fourth-order valence-corrected chi connectivity index (χ4v) is 1.42. The Morgan fingerprint density at radius 1 is 1.44 bits per heavy atom. The van der Waals surface area contributed by atoms with Crippen LogP contribution in [-0.4, -0.2) is 41.6 Å². The van der Waals surface area contributed by atoms with Gasteiger partial charge in [0.1, 0.15) is 0 Å². The van der Waals surface area contributed by atoms with Gasteiger partial charge in [-0.25, -0.2) is 4.79 Å². The molecule has 0 aliphatic heterocycles. The van der Waals surface area contributed by atoms with Crippen molar-refractivity contribution in [3.8, 4) is 12.3 Å². The van der Waals surface area contributed by atoms with Crippen molar-refractivity contribution in [1.29, 1.82) is 0 Å². The largest absolute Gasteiger partial charge is 0.481 e. The minimum absolute atomic E-state index is 0.216. The van der Waals surface area contributed by atoms with Crippen LogP contribution in [0.4, 0.5) is 4.79 Å². The van der Waals surface area contributed by atoms with E-state index in [1.165, 1.54) is 4.90 Å². The molecule has 0 fully saturated rings. The molecule has 0 bridgehead atoms. The lowest BCUT2D eigenvalue weighted by Crippen LogP contribution is -2.43. The molecule has 2 N–H and O–H groups in total. The topological polar surface area (TPSA) is 69.6 Å². The molecule has 5 nitrogen and oxygen atoms in total. The third-order valence-corrected chi connectivity index (χ3v) is 2.61. The molecule has 1 unspecified atom stereocenters. The molecule has 0 aromatic heterocycles. The number of carboxylic acids is 1. The Labute approximate surface area is 109 Å². The van der Waals surface area contributed by atoms with Crippen molar-refractivity contribution in [2.75, 3.05) is 19.6 Å². The number of amides is 2. The van der Waals surface area contributed by atoms with E-state index >= 15 is 0 Å². The second kappa shape index (κ2) is 9.34. The third-order valence-electron chi connectivity index (χ3n) is 2.61. The molecule has 2 amide bonds. The highest BCUT2D eigenvalue weighted by Gasteiger charge is 2.18. The quantitative estimate of drug-likeness (QED) is 0.510. The first-order valence-corrected chi connectivity index (χ1v) is 6.22. The van der Waals surface area contributed by atoms with Crippen LogP contribution < -0.4 is 5.32 Å². The zero-order valence-corrected chi connectivity index (χ0v) is 11.1. The standard InChI is InChI=1S/C13H22N2O3/c1-4-6-7-8-9-14-13(18)15(5-2)10-11(3)12(16)17/h1,11H,5-10H2,2-3H3,(H,14,18)(H,16,17). The second-order valence-corrected chi connectivity index (χ2v) is 4.17. The van der Waals surface area contributed by atoms with E-state index in [9.17, 15) is 9.59 Å². The maximum Gasteiger partial charge on any atom is 0.317 e. The van der Waals surface area contributed by atoms with Crippen molar-refractivity contribution in [3.63, 3.8) is 0 Å². The highest BCUT2D eigenvalue weighted by Crippen LogP contribution is 2.01. The number of unbranched alkanes of at least 4 members (excludes halogenated alkanes) is 2. The summed E-state index contributed by atoms with van der Waals surface area (Å²) in [6, 6.07) is -0.216. The van der Waals surface area contributed by atoms with Gasteiger partial charge in [-0.1, -0.05) is 6.92 Å². The van der Waals surface area contributed by atoms with Crippen molar-refractivity contribution in [1.82, 2.24) is 10.2 Å². The van der Waals surface area contributed by atoms with E-state index in [2.05, 4.69) is 11.2 Å². The Morgan fingerprint density at radius 3 is 2.61 bits per heavy atom. The number of terminal acetylenes is 1. The summed E-state index contributed by atoms with van der Waals surface area (Å²) >= 11 is 0. The zero-order chi connectivity index (χ0) is 14.0. The Kier molecular flexibility index (Phi) is 8.46. The van der Waals surface area contributed by atoms with E-state index in [1.807, 2.05) is 6.92 Å². The molecule has 102 valence electrons. The van der Waals surface area contributed by atoms with Gasteiger partial charge in [0, 0.05) is 26.1 Å². The minimum Gasteiger partial charge on any atom is -0.481 e. The van der Waals surface area contributed by atoms with Gasteiger partial charge < -0.3 is 15.3 Å². The van der Waals surface area contributed by atoms with Crippen molar-refractivity contribution < 1.29 is 14.7 Å². The van der Waals surface area contributed by atoms with Crippen molar-refractivity contribution in [2.45, 2.75) is 33.1 Å². The summed E-state index contributed by atoms with van der Waals surface area (Å²) in [6.07, 6.45) is 7.55. The maximum absolute atomic E-state index is 11.7. The lowest BCUT2D eigenvalue weighted by atomic mass is 10.2. The first-order valence-electron chi connectivity index (χ1n) is 6.22. The summed E-state index contributed by atoms with van der Waals surface area (Å²) < 4.78 is 0. The maximum atomic E-state index is 11.7. The number of carbonyl (C=O) groups excluding carboxylic acids is 1. The van der Waals surface area contributed by atoms with E-state index in [4.69, 9.17) is 11.5 Å². The summed E-state index contributed by atoms with van der Waals surface area (Å²) in [6.45, 7) is 4.70. The fourth-order valence-electron chi connectivity index (χ4n) is 1.42. The zero-order valence-electron chi connectivity index (χ0n) is 11.1. The molecule has 0 aromatic carbocycles. The van der Waals surface area contributed by atoms with Crippen LogP contribution in [0, 0.1) is 18.3 Å². The molecule has 18 heavy (non-hydrogen) atoms. The van der Waals surface area contributed by atoms with Crippen molar-refractivity contribution in [3.05, 3.63) is 0 Å². The number of carboxylic acid groups (broad SMARTS) is 1. The van der Waals surface area contributed by atoms with Crippen LogP contribution in [0.2, 0.25) is 0 Å². The number of nitrogens with one attached hydrogen (secondary N) is 1. The van der Waals surface area contributed by atoms with E-state index in [0.29, 0.717) is 19.5 Å². The first-order chi connectivity index (χ1) is 8.52. The van der Waals surface area contributed by atoms with E-state index < -0.39 is 11.9 Å². The van der Waals surface area contributed by atoms with Crippen molar-refractivity contribution in [2.24, 2.45) is 5.92 Å². The number of hydrogen-bond acceptors (Lipinski definition) is 2. The van der Waals surface area contributed by atoms with Gasteiger partial charge in [-0.3, -0.25) is 4.79 Å². The van der Waals surface area contributed by atoms with Gasteiger partial charge in [-0.15, -0.1) is 12.3 Å². The van der Waals surface area contributed by atoms with Crippen LogP contribution in [0.3, 0.4) is 0 Å². The third kappa shape index (κ3) is 6.79. The number of hydrogen-bond donors (Lipinski definition) is 2. The van der Waals surface area contributed by atoms with Crippen LogP contribution in [-0.2, 0) is 4.79 Å². The smallest absolute Gasteiger partial charge is 0.317 e. The van der Waals surface area contributed by atoms with Crippen LogP contribution in [0.15, 0.2) is 0 Å². The van der Waals surface area contributed by atoms with Crippen molar-refractivity contribution >= 4 is 12.0 Å². The molecule has 0 saturated carbocycles. The number of urea groups is 1. The Balaban J connectivity index is 3.96.